The number of hydrogen-bond acceptors (Lipinski definition) is 4. The highest BCUT2D eigenvalue weighted by atomic mass is 16.4. The first-order valence-corrected chi connectivity index (χ1v) is 10.1. The van der Waals surface area contributed by atoms with Crippen LogP contribution >= 0.6 is 0 Å². The summed E-state index contributed by atoms with van der Waals surface area (Å²) in [6, 6.07) is 12.9. The van der Waals surface area contributed by atoms with Crippen LogP contribution in [0.5, 0.6) is 0 Å². The molecular formula is C25H27N3O3. The number of benzene rings is 2. The second kappa shape index (κ2) is 10.9. The van der Waals surface area contributed by atoms with E-state index in [9.17, 15) is 9.59 Å². The molecule has 6 nitrogen and oxygen atoms in total. The second-order valence-electron chi connectivity index (χ2n) is 7.12. The van der Waals surface area contributed by atoms with Crippen LogP contribution in [0.3, 0.4) is 0 Å². The van der Waals surface area contributed by atoms with Gasteiger partial charge in [-0.2, -0.15) is 0 Å². The molecule has 2 aliphatic rings. The van der Waals surface area contributed by atoms with E-state index in [2.05, 4.69) is 20.7 Å². The fraction of sp³-hybridized carbons (Fsp3) is 0.200. The molecule has 4 rings (SSSR count). The molecule has 1 heterocycles. The maximum absolute atomic E-state index is 12.8. The zero-order valence-electron chi connectivity index (χ0n) is 17.8. The molecule has 0 unspecified atom stereocenters. The van der Waals surface area contributed by atoms with E-state index in [1.165, 1.54) is 5.56 Å². The number of carbonyl (C=O) groups is 2. The lowest BCUT2D eigenvalue weighted by molar-refractivity contribution is -0.112. The molecule has 0 saturated heterocycles. The molecule has 2 aromatic rings. The number of rotatable bonds is 4. The van der Waals surface area contributed by atoms with Gasteiger partial charge in [-0.3, -0.25) is 9.59 Å². The van der Waals surface area contributed by atoms with Gasteiger partial charge in [0.25, 0.3) is 11.8 Å². The Kier molecular flexibility index (Phi) is 7.79. The predicted molar refractivity (Wildman–Crippen MR) is 126 cm³/mol. The van der Waals surface area contributed by atoms with Crippen LogP contribution in [0, 0.1) is 0 Å². The molecule has 2 amide bonds. The molecule has 31 heavy (non-hydrogen) atoms. The fourth-order valence-electron chi connectivity index (χ4n) is 3.31. The summed E-state index contributed by atoms with van der Waals surface area (Å²) in [5, 5.41) is 9.10. The summed E-state index contributed by atoms with van der Waals surface area (Å²) in [5.41, 5.74) is 4.59. The van der Waals surface area contributed by atoms with Gasteiger partial charge in [0.15, 0.2) is 0 Å². The first kappa shape index (κ1) is 22.1. The molecule has 0 spiro atoms. The molecule has 160 valence electrons. The van der Waals surface area contributed by atoms with E-state index >= 15 is 0 Å². The third kappa shape index (κ3) is 5.93. The number of para-hydroxylation sites is 1. The maximum atomic E-state index is 12.8. The van der Waals surface area contributed by atoms with Crippen LogP contribution in [-0.2, 0) is 16.0 Å². The standard InChI is InChI=1S/C23H21N3O2.C2H6O/c27-22(17-7-3-1-2-4-8-17)26-20-10-6-5-9-19(20)23(28)25-18-12-11-16-13-14-24-21(16)15-18;1-3-2/h1-7,9-12,15,24H,8,13-14H2,(H,25,28)(H,26,27);1-2H3. The van der Waals surface area contributed by atoms with Crippen molar-refractivity contribution >= 4 is 28.9 Å². The minimum Gasteiger partial charge on any atom is -0.388 e. The first-order chi connectivity index (χ1) is 15.1. The summed E-state index contributed by atoms with van der Waals surface area (Å²) in [4.78, 5) is 25.4. The van der Waals surface area contributed by atoms with Crippen LogP contribution < -0.4 is 16.0 Å². The Labute approximate surface area is 182 Å². The van der Waals surface area contributed by atoms with Crippen LogP contribution in [0.4, 0.5) is 17.1 Å². The maximum Gasteiger partial charge on any atom is 0.257 e. The van der Waals surface area contributed by atoms with Gasteiger partial charge >= 0.3 is 0 Å². The third-order valence-electron chi connectivity index (χ3n) is 4.78. The number of ether oxygens (including phenoxy) is 1. The Balaban J connectivity index is 0.000000858. The van der Waals surface area contributed by atoms with Gasteiger partial charge in [-0.15, -0.1) is 0 Å². The molecule has 0 radical (unpaired) electrons. The Morgan fingerprint density at radius 3 is 2.61 bits per heavy atom. The molecule has 0 aromatic heterocycles. The topological polar surface area (TPSA) is 79.5 Å². The summed E-state index contributed by atoms with van der Waals surface area (Å²) in [6.45, 7) is 0.918. The quantitative estimate of drug-likeness (QED) is 0.682. The summed E-state index contributed by atoms with van der Waals surface area (Å²) in [7, 11) is 3.25. The molecule has 3 N–H and O–H groups in total. The second-order valence-corrected chi connectivity index (χ2v) is 7.12. The van der Waals surface area contributed by atoms with Crippen molar-refractivity contribution in [1.29, 1.82) is 0 Å². The number of fused-ring (bicyclic) bond motifs is 1. The van der Waals surface area contributed by atoms with Gasteiger partial charge in [-0.05, 0) is 42.7 Å². The summed E-state index contributed by atoms with van der Waals surface area (Å²) in [5.74, 6) is -0.471. The van der Waals surface area contributed by atoms with Crippen molar-refractivity contribution in [3.05, 3.63) is 89.5 Å². The first-order valence-electron chi connectivity index (χ1n) is 10.1. The van der Waals surface area contributed by atoms with E-state index in [1.807, 2.05) is 42.5 Å². The van der Waals surface area contributed by atoms with Crippen LogP contribution in [0.2, 0.25) is 0 Å². The number of allylic oxidation sites excluding steroid dienone is 5. The normalized spacial score (nSPS) is 13.7. The van der Waals surface area contributed by atoms with Crippen molar-refractivity contribution in [1.82, 2.24) is 0 Å². The van der Waals surface area contributed by atoms with Crippen LogP contribution in [0.15, 0.2) is 78.4 Å². The summed E-state index contributed by atoms with van der Waals surface area (Å²) in [6.07, 6.45) is 10.9. The minimum atomic E-state index is -0.261. The monoisotopic (exact) mass is 417 g/mol. The van der Waals surface area contributed by atoms with Crippen molar-refractivity contribution in [3.63, 3.8) is 0 Å². The van der Waals surface area contributed by atoms with Crippen molar-refractivity contribution in [2.24, 2.45) is 0 Å². The molecule has 2 aromatic carbocycles. The van der Waals surface area contributed by atoms with Crippen molar-refractivity contribution in [2.75, 3.05) is 36.7 Å². The number of amides is 2. The SMILES string of the molecule is COC.O=C(Nc1ccccc1C(=O)Nc1ccc2c(c1)NCC2)C1=CC=CC=CC1. The molecule has 1 aliphatic heterocycles. The summed E-state index contributed by atoms with van der Waals surface area (Å²) >= 11 is 0. The Morgan fingerprint density at radius 1 is 0.968 bits per heavy atom. The lowest BCUT2D eigenvalue weighted by Gasteiger charge is -2.13. The molecule has 0 fully saturated rings. The van der Waals surface area contributed by atoms with Gasteiger partial charge < -0.3 is 20.7 Å². The van der Waals surface area contributed by atoms with E-state index < -0.39 is 0 Å². The van der Waals surface area contributed by atoms with Gasteiger partial charge in [-0.25, -0.2) is 0 Å². The predicted octanol–water partition coefficient (Wildman–Crippen LogP) is 4.55. The lowest BCUT2D eigenvalue weighted by Crippen LogP contribution is -2.19. The number of carbonyl (C=O) groups excluding carboxylic acids is 2. The van der Waals surface area contributed by atoms with Gasteiger partial charge in [0, 0.05) is 37.7 Å². The van der Waals surface area contributed by atoms with Crippen LogP contribution in [0.25, 0.3) is 0 Å². The Bertz CT molecular complexity index is 1040. The van der Waals surface area contributed by atoms with Crippen molar-refractivity contribution in [2.45, 2.75) is 12.8 Å². The molecule has 0 atom stereocenters. The average Bonchev–Trinajstić information content (AvgIpc) is 3.06. The number of nitrogens with one attached hydrogen (secondary N) is 3. The Hall–Kier alpha value is -3.64. The van der Waals surface area contributed by atoms with Crippen molar-refractivity contribution in [3.8, 4) is 0 Å². The zero-order valence-corrected chi connectivity index (χ0v) is 17.8. The van der Waals surface area contributed by atoms with E-state index in [-0.39, 0.29) is 11.8 Å². The largest absolute Gasteiger partial charge is 0.388 e. The smallest absolute Gasteiger partial charge is 0.257 e. The van der Waals surface area contributed by atoms with E-state index in [4.69, 9.17) is 0 Å². The fourth-order valence-corrected chi connectivity index (χ4v) is 3.31. The van der Waals surface area contributed by atoms with Gasteiger partial charge in [0.1, 0.15) is 0 Å². The van der Waals surface area contributed by atoms with Crippen molar-refractivity contribution < 1.29 is 14.3 Å². The van der Waals surface area contributed by atoms with E-state index in [0.29, 0.717) is 23.2 Å². The van der Waals surface area contributed by atoms with Gasteiger partial charge in [-0.1, -0.05) is 48.6 Å². The van der Waals surface area contributed by atoms with Crippen LogP contribution in [-0.4, -0.2) is 32.6 Å². The summed E-state index contributed by atoms with van der Waals surface area (Å²) < 4.78 is 4.25. The highest BCUT2D eigenvalue weighted by Gasteiger charge is 2.16. The Morgan fingerprint density at radius 2 is 1.77 bits per heavy atom. The third-order valence-corrected chi connectivity index (χ3v) is 4.78. The molecule has 0 saturated carbocycles. The number of methoxy groups -OCH3 is 1. The molecule has 0 bridgehead atoms. The van der Waals surface area contributed by atoms with Gasteiger partial charge in [0.05, 0.1) is 11.3 Å². The lowest BCUT2D eigenvalue weighted by atomic mass is 10.1. The van der Waals surface area contributed by atoms with E-state index in [1.54, 1.807) is 44.6 Å². The highest BCUT2D eigenvalue weighted by molar-refractivity contribution is 6.12. The average molecular weight is 418 g/mol. The molecule has 1 aliphatic carbocycles. The molecule has 6 heteroatoms. The van der Waals surface area contributed by atoms with Gasteiger partial charge in [0.2, 0.25) is 0 Å². The van der Waals surface area contributed by atoms with Crippen LogP contribution in [0.1, 0.15) is 22.3 Å². The zero-order chi connectivity index (χ0) is 22.1. The molecular weight excluding hydrogens is 390 g/mol. The number of hydrogen-bond donors (Lipinski definition) is 3. The highest BCUT2D eigenvalue weighted by Crippen LogP contribution is 2.26. The van der Waals surface area contributed by atoms with E-state index in [0.717, 1.165) is 24.3 Å². The minimum absolute atomic E-state index is 0.210. The number of anilines is 3.